The van der Waals surface area contributed by atoms with Gasteiger partial charge in [-0.05, 0) is 24.3 Å². The van der Waals surface area contributed by atoms with Gasteiger partial charge in [0.1, 0.15) is 5.58 Å². The Kier molecular flexibility index (Phi) is 3.33. The number of benzene rings is 1. The van der Waals surface area contributed by atoms with Gasteiger partial charge in [0.05, 0.1) is 0 Å². The number of carbonyl (C=O) groups excluding carboxylic acids is 1. The van der Waals surface area contributed by atoms with Crippen LogP contribution in [0.2, 0.25) is 0 Å². The maximum Gasteiger partial charge on any atom is 0.222 e. The van der Waals surface area contributed by atoms with E-state index in [0.717, 1.165) is 15.4 Å². The van der Waals surface area contributed by atoms with Crippen LogP contribution in [0.25, 0.3) is 11.0 Å². The standard InChI is InChI=1S/C13H12BrNO2/c1-15(2)6-5-11(16)13-8-9-7-10(14)3-4-12(9)17-13/h3-8H,1-2H3/b6-5+. The molecule has 0 aliphatic heterocycles. The molecule has 4 heteroatoms. The number of nitrogens with zero attached hydrogens (tertiary/aromatic N) is 1. The fraction of sp³-hybridized carbons (Fsp3) is 0.154. The van der Waals surface area contributed by atoms with Crippen LogP contribution in [0.4, 0.5) is 0 Å². The number of carbonyl (C=O) groups is 1. The van der Waals surface area contributed by atoms with E-state index in [0.29, 0.717) is 5.76 Å². The maximum atomic E-state index is 11.8. The average molecular weight is 294 g/mol. The molecule has 0 amide bonds. The molecule has 2 rings (SSSR count). The zero-order valence-corrected chi connectivity index (χ0v) is 11.2. The number of fused-ring (bicyclic) bond motifs is 1. The molecule has 0 atom stereocenters. The molecule has 88 valence electrons. The second kappa shape index (κ2) is 4.75. The summed E-state index contributed by atoms with van der Waals surface area (Å²) in [6.07, 6.45) is 3.19. The summed E-state index contributed by atoms with van der Waals surface area (Å²) in [4.78, 5) is 13.6. The van der Waals surface area contributed by atoms with Crippen molar-refractivity contribution >= 4 is 32.7 Å². The minimum Gasteiger partial charge on any atom is -0.453 e. The number of ketones is 1. The minimum absolute atomic E-state index is 0.133. The first-order chi connectivity index (χ1) is 8.06. The van der Waals surface area contributed by atoms with Gasteiger partial charge in [-0.2, -0.15) is 0 Å². The highest BCUT2D eigenvalue weighted by Crippen LogP contribution is 2.23. The van der Waals surface area contributed by atoms with Crippen molar-refractivity contribution in [1.29, 1.82) is 0 Å². The molecule has 17 heavy (non-hydrogen) atoms. The third kappa shape index (κ3) is 2.77. The number of rotatable bonds is 3. The smallest absolute Gasteiger partial charge is 0.222 e. The Morgan fingerprint density at radius 2 is 2.12 bits per heavy atom. The first-order valence-electron chi connectivity index (χ1n) is 5.14. The van der Waals surface area contributed by atoms with E-state index < -0.39 is 0 Å². The normalized spacial score (nSPS) is 11.2. The zero-order valence-electron chi connectivity index (χ0n) is 9.61. The highest BCUT2D eigenvalue weighted by atomic mass is 79.9. The van der Waals surface area contributed by atoms with Crippen LogP contribution in [0, 0.1) is 0 Å². The second-order valence-corrected chi connectivity index (χ2v) is 4.85. The summed E-state index contributed by atoms with van der Waals surface area (Å²) < 4.78 is 6.44. The molecular weight excluding hydrogens is 282 g/mol. The molecule has 0 N–H and O–H groups in total. The number of hydrogen-bond acceptors (Lipinski definition) is 3. The molecule has 1 heterocycles. The van der Waals surface area contributed by atoms with Crippen LogP contribution in [0.15, 0.2) is 45.4 Å². The Bertz CT molecular complexity index is 584. The Balaban J connectivity index is 2.33. The summed E-state index contributed by atoms with van der Waals surface area (Å²) in [6, 6.07) is 7.40. The highest BCUT2D eigenvalue weighted by molar-refractivity contribution is 9.10. The van der Waals surface area contributed by atoms with Crippen LogP contribution in [0.5, 0.6) is 0 Å². The van der Waals surface area contributed by atoms with Gasteiger partial charge in [0.2, 0.25) is 5.78 Å². The number of furan rings is 1. The lowest BCUT2D eigenvalue weighted by Crippen LogP contribution is -2.02. The molecule has 0 bridgehead atoms. The van der Waals surface area contributed by atoms with E-state index >= 15 is 0 Å². The fourth-order valence-corrected chi connectivity index (χ4v) is 1.81. The zero-order chi connectivity index (χ0) is 12.4. The Morgan fingerprint density at radius 3 is 2.82 bits per heavy atom. The van der Waals surface area contributed by atoms with Crippen LogP contribution in [0.1, 0.15) is 10.6 Å². The van der Waals surface area contributed by atoms with E-state index in [1.807, 2.05) is 32.3 Å². The van der Waals surface area contributed by atoms with Crippen molar-refractivity contribution in [2.24, 2.45) is 0 Å². The van der Waals surface area contributed by atoms with Gasteiger partial charge in [0, 0.05) is 36.2 Å². The Labute approximate surface area is 108 Å². The monoisotopic (exact) mass is 293 g/mol. The van der Waals surface area contributed by atoms with Gasteiger partial charge < -0.3 is 9.32 Å². The van der Waals surface area contributed by atoms with Crippen molar-refractivity contribution in [3.05, 3.63) is 46.8 Å². The molecule has 0 spiro atoms. The lowest BCUT2D eigenvalue weighted by atomic mass is 10.2. The Morgan fingerprint density at radius 1 is 1.35 bits per heavy atom. The second-order valence-electron chi connectivity index (χ2n) is 3.94. The van der Waals surface area contributed by atoms with Crippen molar-refractivity contribution in [2.75, 3.05) is 14.1 Å². The van der Waals surface area contributed by atoms with E-state index in [1.54, 1.807) is 17.2 Å². The quantitative estimate of drug-likeness (QED) is 0.642. The van der Waals surface area contributed by atoms with E-state index in [-0.39, 0.29) is 5.78 Å². The summed E-state index contributed by atoms with van der Waals surface area (Å²) in [7, 11) is 3.72. The van der Waals surface area contributed by atoms with Crippen LogP contribution in [-0.2, 0) is 0 Å². The molecule has 1 aromatic carbocycles. The van der Waals surface area contributed by atoms with Crippen molar-refractivity contribution in [1.82, 2.24) is 4.90 Å². The van der Waals surface area contributed by atoms with Crippen molar-refractivity contribution in [2.45, 2.75) is 0 Å². The van der Waals surface area contributed by atoms with Gasteiger partial charge in [-0.1, -0.05) is 15.9 Å². The van der Waals surface area contributed by atoms with E-state index in [4.69, 9.17) is 4.42 Å². The average Bonchev–Trinajstić information content (AvgIpc) is 2.68. The summed E-state index contributed by atoms with van der Waals surface area (Å²) in [5, 5.41) is 0.918. The number of hydrogen-bond donors (Lipinski definition) is 0. The fourth-order valence-electron chi connectivity index (χ4n) is 1.43. The molecule has 0 aliphatic carbocycles. The van der Waals surface area contributed by atoms with Crippen LogP contribution in [-0.4, -0.2) is 24.8 Å². The lowest BCUT2D eigenvalue weighted by molar-refractivity contribution is 0.102. The largest absolute Gasteiger partial charge is 0.453 e. The predicted octanol–water partition coefficient (Wildman–Crippen LogP) is 3.45. The molecule has 3 nitrogen and oxygen atoms in total. The molecule has 0 aliphatic rings. The molecule has 0 unspecified atom stereocenters. The number of halogens is 1. The van der Waals surface area contributed by atoms with E-state index in [2.05, 4.69) is 15.9 Å². The predicted molar refractivity (Wildman–Crippen MR) is 71.1 cm³/mol. The maximum absolute atomic E-state index is 11.8. The van der Waals surface area contributed by atoms with Crippen LogP contribution in [0.3, 0.4) is 0 Å². The van der Waals surface area contributed by atoms with Gasteiger partial charge in [-0.25, -0.2) is 0 Å². The molecule has 0 saturated carbocycles. The lowest BCUT2D eigenvalue weighted by Gasteiger charge is -2.01. The molecule has 0 fully saturated rings. The van der Waals surface area contributed by atoms with Gasteiger partial charge in [-0.3, -0.25) is 4.79 Å². The molecule has 0 radical (unpaired) electrons. The Hall–Kier alpha value is -1.55. The molecule has 0 saturated heterocycles. The van der Waals surface area contributed by atoms with E-state index in [1.165, 1.54) is 6.08 Å². The van der Waals surface area contributed by atoms with Crippen LogP contribution >= 0.6 is 15.9 Å². The summed E-state index contributed by atoms with van der Waals surface area (Å²) in [5.74, 6) is 0.224. The van der Waals surface area contributed by atoms with Crippen LogP contribution < -0.4 is 0 Å². The van der Waals surface area contributed by atoms with Gasteiger partial charge in [0.15, 0.2) is 5.76 Å². The summed E-state index contributed by atoms with van der Waals surface area (Å²) >= 11 is 3.38. The summed E-state index contributed by atoms with van der Waals surface area (Å²) in [6.45, 7) is 0. The van der Waals surface area contributed by atoms with Crippen molar-refractivity contribution in [3.8, 4) is 0 Å². The highest BCUT2D eigenvalue weighted by Gasteiger charge is 2.09. The first kappa shape index (κ1) is 11.9. The molecular formula is C13H12BrNO2. The third-order valence-corrected chi connectivity index (χ3v) is 2.74. The summed E-state index contributed by atoms with van der Waals surface area (Å²) in [5.41, 5.74) is 0.717. The molecule has 2 aromatic rings. The molecule has 1 aromatic heterocycles. The van der Waals surface area contributed by atoms with Gasteiger partial charge >= 0.3 is 0 Å². The SMILES string of the molecule is CN(C)/C=C/C(=O)c1cc2cc(Br)ccc2o1. The van der Waals surface area contributed by atoms with Crippen molar-refractivity contribution < 1.29 is 9.21 Å². The first-order valence-corrected chi connectivity index (χ1v) is 5.93. The van der Waals surface area contributed by atoms with Gasteiger partial charge in [-0.15, -0.1) is 0 Å². The number of allylic oxidation sites excluding steroid dienone is 1. The van der Waals surface area contributed by atoms with Gasteiger partial charge in [0.25, 0.3) is 0 Å². The van der Waals surface area contributed by atoms with E-state index in [9.17, 15) is 4.79 Å². The topological polar surface area (TPSA) is 33.5 Å². The minimum atomic E-state index is -0.133. The third-order valence-electron chi connectivity index (χ3n) is 2.25. The van der Waals surface area contributed by atoms with Crippen molar-refractivity contribution in [3.63, 3.8) is 0 Å².